The van der Waals surface area contributed by atoms with Crippen LogP contribution in [0.25, 0.3) is 0 Å². The minimum Gasteiger partial charge on any atom is -1.00 e. The number of methoxy groups -OCH3 is 1. The molecule has 0 atom stereocenters. The highest BCUT2D eigenvalue weighted by molar-refractivity contribution is 5.69. The molecule has 0 aliphatic rings. The van der Waals surface area contributed by atoms with E-state index in [1.54, 1.807) is 0 Å². The highest BCUT2D eigenvalue weighted by atomic mass is 127. The average molecular weight is 408 g/mol. The van der Waals surface area contributed by atoms with Crippen molar-refractivity contribution in [2.24, 2.45) is 0 Å². The fourth-order valence-corrected chi connectivity index (χ4v) is 2.29. The van der Waals surface area contributed by atoms with Crippen molar-refractivity contribution in [1.82, 2.24) is 4.57 Å². The Morgan fingerprint density at radius 1 is 1.24 bits per heavy atom. The molecule has 0 saturated heterocycles. The summed E-state index contributed by atoms with van der Waals surface area (Å²) in [4.78, 5) is 11.3. The van der Waals surface area contributed by atoms with Gasteiger partial charge in [0.15, 0.2) is 0 Å². The van der Waals surface area contributed by atoms with Crippen LogP contribution >= 0.6 is 0 Å². The summed E-state index contributed by atoms with van der Waals surface area (Å²) in [6.45, 7) is 6.53. The second-order valence-electron chi connectivity index (χ2n) is 5.30. The van der Waals surface area contributed by atoms with Crippen LogP contribution in [0, 0.1) is 0 Å². The monoisotopic (exact) mass is 408 g/mol. The molecule has 1 aromatic rings. The number of esters is 1. The van der Waals surface area contributed by atoms with Gasteiger partial charge in [0.1, 0.15) is 11.9 Å². The Bertz CT molecular complexity index is 405. The molecule has 0 aliphatic heterocycles. The molecule has 0 saturated carbocycles. The number of hydrogen-bond acceptors (Lipinski definition) is 2. The standard InChI is InChI=1S/C16H29N2O2.HI/c1-4-6-8-12-18-14-17(11-7-5-2)13-15(18)9-10-16(19)20-3;/h13-14H,4-12H2,1-3H3;1H/q+1;/p-1. The Balaban J connectivity index is 0.00000400. The topological polar surface area (TPSA) is 35.1 Å². The van der Waals surface area contributed by atoms with E-state index in [4.69, 9.17) is 4.74 Å². The van der Waals surface area contributed by atoms with Gasteiger partial charge in [-0.25, -0.2) is 9.13 Å². The van der Waals surface area contributed by atoms with Crippen molar-refractivity contribution in [3.05, 3.63) is 18.2 Å². The molecule has 1 aromatic heterocycles. The van der Waals surface area contributed by atoms with Crippen LogP contribution in [0.2, 0.25) is 0 Å². The summed E-state index contributed by atoms with van der Waals surface area (Å²) in [6.07, 6.45) is 11.7. The van der Waals surface area contributed by atoms with Crippen molar-refractivity contribution < 1.29 is 38.1 Å². The number of hydrogen-bond donors (Lipinski definition) is 0. The van der Waals surface area contributed by atoms with Crippen molar-refractivity contribution in [2.45, 2.75) is 71.9 Å². The van der Waals surface area contributed by atoms with Gasteiger partial charge in [-0.15, -0.1) is 0 Å². The SMILES string of the molecule is CCCCCn1c[n+](CCCC)cc1CCC(=O)OC.[I-]. The lowest BCUT2D eigenvalue weighted by atomic mass is 10.2. The molecule has 0 radical (unpaired) electrons. The van der Waals surface area contributed by atoms with Gasteiger partial charge >= 0.3 is 5.97 Å². The first-order chi connectivity index (χ1) is 9.71. The van der Waals surface area contributed by atoms with E-state index >= 15 is 0 Å². The molecule has 1 heterocycles. The van der Waals surface area contributed by atoms with Crippen molar-refractivity contribution in [1.29, 1.82) is 0 Å². The van der Waals surface area contributed by atoms with E-state index in [2.05, 4.69) is 35.5 Å². The fraction of sp³-hybridized carbons (Fsp3) is 0.750. The Kier molecular flexibility index (Phi) is 11.7. The second-order valence-corrected chi connectivity index (χ2v) is 5.30. The first-order valence-corrected chi connectivity index (χ1v) is 7.86. The minimum absolute atomic E-state index is 0. The zero-order valence-electron chi connectivity index (χ0n) is 13.6. The Hall–Kier alpha value is -0.590. The number of aryl methyl sites for hydroxylation is 3. The largest absolute Gasteiger partial charge is 1.00 e. The average Bonchev–Trinajstić information content (AvgIpc) is 2.85. The van der Waals surface area contributed by atoms with E-state index in [1.807, 2.05) is 0 Å². The van der Waals surface area contributed by atoms with Crippen LogP contribution in [0.1, 0.15) is 58.1 Å². The minimum atomic E-state index is -0.133. The summed E-state index contributed by atoms with van der Waals surface area (Å²) in [7, 11) is 1.45. The van der Waals surface area contributed by atoms with Crippen molar-refractivity contribution in [3.8, 4) is 0 Å². The summed E-state index contributed by atoms with van der Waals surface area (Å²) >= 11 is 0. The molecule has 0 fully saturated rings. The predicted molar refractivity (Wildman–Crippen MR) is 79.4 cm³/mol. The zero-order chi connectivity index (χ0) is 14.8. The smallest absolute Gasteiger partial charge is 0.305 e. The van der Waals surface area contributed by atoms with Crippen LogP contribution in [0.15, 0.2) is 12.5 Å². The molecular weight excluding hydrogens is 379 g/mol. The number of unbranched alkanes of at least 4 members (excludes halogenated alkanes) is 3. The van der Waals surface area contributed by atoms with Gasteiger partial charge in [-0.05, 0) is 19.3 Å². The van der Waals surface area contributed by atoms with Gasteiger partial charge in [0.2, 0.25) is 6.33 Å². The van der Waals surface area contributed by atoms with Gasteiger partial charge in [0, 0.05) is 6.42 Å². The van der Waals surface area contributed by atoms with E-state index in [9.17, 15) is 4.79 Å². The Morgan fingerprint density at radius 3 is 2.57 bits per heavy atom. The lowest BCUT2D eigenvalue weighted by Gasteiger charge is -2.01. The van der Waals surface area contributed by atoms with E-state index in [1.165, 1.54) is 44.9 Å². The van der Waals surface area contributed by atoms with Crippen LogP contribution in [-0.2, 0) is 29.0 Å². The maximum Gasteiger partial charge on any atom is 0.305 e. The lowest BCUT2D eigenvalue weighted by Crippen LogP contribution is -3.00. The normalized spacial score (nSPS) is 10.2. The van der Waals surface area contributed by atoms with Crippen LogP contribution in [0.5, 0.6) is 0 Å². The van der Waals surface area contributed by atoms with E-state index in [-0.39, 0.29) is 29.9 Å². The third-order valence-corrected chi connectivity index (χ3v) is 3.56. The molecule has 0 amide bonds. The molecule has 0 bridgehead atoms. The van der Waals surface area contributed by atoms with Gasteiger partial charge in [-0.1, -0.05) is 26.7 Å². The van der Waals surface area contributed by atoms with Crippen molar-refractivity contribution in [3.63, 3.8) is 0 Å². The highest BCUT2D eigenvalue weighted by Gasteiger charge is 2.14. The first kappa shape index (κ1) is 20.4. The van der Waals surface area contributed by atoms with Crippen LogP contribution in [0.3, 0.4) is 0 Å². The number of halogens is 1. The number of imidazole rings is 1. The third kappa shape index (κ3) is 7.83. The van der Waals surface area contributed by atoms with Crippen LogP contribution in [0.4, 0.5) is 0 Å². The van der Waals surface area contributed by atoms with Crippen molar-refractivity contribution >= 4 is 5.97 Å². The molecule has 0 aliphatic carbocycles. The molecule has 1 rings (SSSR count). The maximum absolute atomic E-state index is 11.3. The summed E-state index contributed by atoms with van der Waals surface area (Å²) in [5, 5.41) is 0. The molecule has 0 N–H and O–H groups in total. The highest BCUT2D eigenvalue weighted by Crippen LogP contribution is 2.07. The number of ether oxygens (including phenoxy) is 1. The summed E-state index contributed by atoms with van der Waals surface area (Å²) in [5.74, 6) is -0.133. The zero-order valence-corrected chi connectivity index (χ0v) is 15.8. The van der Waals surface area contributed by atoms with Gasteiger partial charge in [0.25, 0.3) is 0 Å². The molecule has 21 heavy (non-hydrogen) atoms. The maximum atomic E-state index is 11.3. The quantitative estimate of drug-likeness (QED) is 0.234. The molecule has 5 heteroatoms. The molecule has 0 aromatic carbocycles. The number of nitrogens with zero attached hydrogens (tertiary/aromatic N) is 2. The first-order valence-electron chi connectivity index (χ1n) is 7.86. The van der Waals surface area contributed by atoms with Gasteiger partial charge in [-0.2, -0.15) is 0 Å². The van der Waals surface area contributed by atoms with E-state index in [0.29, 0.717) is 6.42 Å². The number of rotatable bonds is 10. The molecule has 0 spiro atoms. The molecule has 0 unspecified atom stereocenters. The Morgan fingerprint density at radius 2 is 1.95 bits per heavy atom. The summed E-state index contributed by atoms with van der Waals surface area (Å²) in [6, 6.07) is 0. The van der Waals surface area contributed by atoms with E-state index in [0.717, 1.165) is 19.5 Å². The van der Waals surface area contributed by atoms with Gasteiger partial charge in [-0.3, -0.25) is 4.79 Å². The second kappa shape index (κ2) is 12.0. The Labute approximate surface area is 145 Å². The summed E-state index contributed by atoms with van der Waals surface area (Å²) in [5.41, 5.74) is 1.24. The van der Waals surface area contributed by atoms with Gasteiger partial charge in [0.05, 0.1) is 26.6 Å². The number of carbonyl (C=O) groups excluding carboxylic acids is 1. The lowest BCUT2D eigenvalue weighted by molar-refractivity contribution is -0.697. The fourth-order valence-electron chi connectivity index (χ4n) is 2.29. The van der Waals surface area contributed by atoms with E-state index < -0.39 is 0 Å². The van der Waals surface area contributed by atoms with Crippen molar-refractivity contribution in [2.75, 3.05) is 7.11 Å². The molecule has 4 nitrogen and oxygen atoms in total. The molecular formula is C16H29IN2O2. The number of aromatic nitrogens is 2. The molecule has 122 valence electrons. The third-order valence-electron chi connectivity index (χ3n) is 3.56. The predicted octanol–water partition coefficient (Wildman–Crippen LogP) is -0.124. The van der Waals surface area contributed by atoms with Crippen LogP contribution in [-0.4, -0.2) is 17.6 Å². The number of carbonyl (C=O) groups is 1. The summed E-state index contributed by atoms with van der Waals surface area (Å²) < 4.78 is 9.28. The van der Waals surface area contributed by atoms with Crippen LogP contribution < -0.4 is 28.5 Å². The van der Waals surface area contributed by atoms with Gasteiger partial charge < -0.3 is 28.7 Å².